The summed E-state index contributed by atoms with van der Waals surface area (Å²) in [4.78, 5) is 11.8. The highest BCUT2D eigenvalue weighted by atomic mass is 35.5. The number of rotatable bonds is 5. The van der Waals surface area contributed by atoms with E-state index in [1.165, 1.54) is 6.21 Å². The second kappa shape index (κ2) is 7.62. The third-order valence-electron chi connectivity index (χ3n) is 3.39. The maximum Gasteiger partial charge on any atom is 0.277 e. The van der Waals surface area contributed by atoms with E-state index in [1.54, 1.807) is 6.07 Å². The predicted molar refractivity (Wildman–Crippen MR) is 96.6 cm³/mol. The van der Waals surface area contributed by atoms with Crippen molar-refractivity contribution in [2.45, 2.75) is 0 Å². The standard InChI is InChI=1S/C19H15ClN2O2/c20-18-8-4-3-7-16(18)12-21-22-19(23)13-24-17-10-9-14-5-1-2-6-15(14)11-17/h1-12H,13H2,(H,22,23). The molecule has 3 aromatic rings. The maximum absolute atomic E-state index is 11.8. The van der Waals surface area contributed by atoms with Gasteiger partial charge in [-0.15, -0.1) is 0 Å². The zero-order valence-electron chi connectivity index (χ0n) is 12.8. The second-order valence-corrected chi connectivity index (χ2v) is 5.52. The van der Waals surface area contributed by atoms with Gasteiger partial charge in [0.15, 0.2) is 6.61 Å². The SMILES string of the molecule is O=C(COc1ccc2ccccc2c1)NN=Cc1ccccc1Cl. The van der Waals surface area contributed by atoms with E-state index in [0.717, 1.165) is 16.3 Å². The molecule has 24 heavy (non-hydrogen) atoms. The number of carbonyl (C=O) groups excluding carboxylic acids is 1. The summed E-state index contributed by atoms with van der Waals surface area (Å²) in [5.41, 5.74) is 3.14. The number of nitrogens with one attached hydrogen (secondary N) is 1. The number of hydrogen-bond donors (Lipinski definition) is 1. The van der Waals surface area contributed by atoms with Gasteiger partial charge in [-0.25, -0.2) is 5.43 Å². The van der Waals surface area contributed by atoms with Crippen LogP contribution in [-0.4, -0.2) is 18.7 Å². The number of fused-ring (bicyclic) bond motifs is 1. The molecule has 5 heteroatoms. The minimum atomic E-state index is -0.341. The molecular formula is C19H15ClN2O2. The molecule has 0 atom stereocenters. The number of halogens is 1. The first-order valence-electron chi connectivity index (χ1n) is 7.40. The van der Waals surface area contributed by atoms with E-state index in [2.05, 4.69) is 10.5 Å². The molecule has 0 fully saturated rings. The Labute approximate surface area is 144 Å². The van der Waals surface area contributed by atoms with Crippen LogP contribution in [0.25, 0.3) is 10.8 Å². The first-order valence-corrected chi connectivity index (χ1v) is 7.78. The Hall–Kier alpha value is -2.85. The van der Waals surface area contributed by atoms with Crippen LogP contribution in [0.2, 0.25) is 5.02 Å². The van der Waals surface area contributed by atoms with E-state index < -0.39 is 0 Å². The predicted octanol–water partition coefficient (Wildman–Crippen LogP) is 4.02. The smallest absolute Gasteiger partial charge is 0.277 e. The largest absolute Gasteiger partial charge is 0.484 e. The van der Waals surface area contributed by atoms with Crippen molar-refractivity contribution >= 4 is 34.5 Å². The van der Waals surface area contributed by atoms with Gasteiger partial charge in [0.1, 0.15) is 5.75 Å². The summed E-state index contributed by atoms with van der Waals surface area (Å²) in [7, 11) is 0. The van der Waals surface area contributed by atoms with Gasteiger partial charge in [0.25, 0.3) is 5.91 Å². The van der Waals surface area contributed by atoms with Crippen molar-refractivity contribution in [1.29, 1.82) is 0 Å². The molecule has 0 saturated heterocycles. The number of benzene rings is 3. The Morgan fingerprint density at radius 2 is 1.79 bits per heavy atom. The van der Waals surface area contributed by atoms with Crippen LogP contribution in [0.5, 0.6) is 5.75 Å². The summed E-state index contributed by atoms with van der Waals surface area (Å²) in [6, 6.07) is 20.9. The fourth-order valence-corrected chi connectivity index (χ4v) is 2.38. The number of ether oxygens (including phenoxy) is 1. The Morgan fingerprint density at radius 1 is 1.04 bits per heavy atom. The zero-order valence-corrected chi connectivity index (χ0v) is 13.5. The normalized spacial score (nSPS) is 10.9. The Balaban J connectivity index is 1.54. The van der Waals surface area contributed by atoms with Crippen molar-refractivity contribution in [3.05, 3.63) is 77.3 Å². The third-order valence-corrected chi connectivity index (χ3v) is 3.73. The highest BCUT2D eigenvalue weighted by Crippen LogP contribution is 2.20. The Morgan fingerprint density at radius 3 is 2.62 bits per heavy atom. The van der Waals surface area contributed by atoms with Crippen LogP contribution >= 0.6 is 11.6 Å². The topological polar surface area (TPSA) is 50.7 Å². The average Bonchev–Trinajstić information content (AvgIpc) is 2.61. The van der Waals surface area contributed by atoms with Gasteiger partial charge in [-0.05, 0) is 29.0 Å². The molecule has 1 N–H and O–H groups in total. The fraction of sp³-hybridized carbons (Fsp3) is 0.0526. The average molecular weight is 339 g/mol. The lowest BCUT2D eigenvalue weighted by molar-refractivity contribution is -0.123. The van der Waals surface area contributed by atoms with Crippen LogP contribution in [0.4, 0.5) is 0 Å². The minimum Gasteiger partial charge on any atom is -0.484 e. The first-order chi connectivity index (χ1) is 11.7. The molecular weight excluding hydrogens is 324 g/mol. The van der Waals surface area contributed by atoms with E-state index in [9.17, 15) is 4.79 Å². The fourth-order valence-electron chi connectivity index (χ4n) is 2.19. The molecule has 0 unspecified atom stereocenters. The van der Waals surface area contributed by atoms with Crippen molar-refractivity contribution in [3.63, 3.8) is 0 Å². The molecule has 0 aliphatic carbocycles. The summed E-state index contributed by atoms with van der Waals surface area (Å²) >= 11 is 6.00. The molecule has 0 aromatic heterocycles. The highest BCUT2D eigenvalue weighted by Gasteiger charge is 2.02. The van der Waals surface area contributed by atoms with Crippen LogP contribution in [0.15, 0.2) is 71.8 Å². The quantitative estimate of drug-likeness (QED) is 0.564. The molecule has 0 heterocycles. The lowest BCUT2D eigenvalue weighted by Crippen LogP contribution is -2.24. The summed E-state index contributed by atoms with van der Waals surface area (Å²) < 4.78 is 5.49. The summed E-state index contributed by atoms with van der Waals surface area (Å²) in [6.07, 6.45) is 1.50. The molecule has 120 valence electrons. The Kier molecular flexibility index (Phi) is 5.08. The molecule has 3 aromatic carbocycles. The molecule has 0 aliphatic rings. The van der Waals surface area contributed by atoms with Gasteiger partial charge in [0, 0.05) is 10.6 Å². The molecule has 0 spiro atoms. The van der Waals surface area contributed by atoms with Crippen LogP contribution < -0.4 is 10.2 Å². The highest BCUT2D eigenvalue weighted by molar-refractivity contribution is 6.33. The minimum absolute atomic E-state index is 0.113. The molecule has 0 aliphatic heterocycles. The van der Waals surface area contributed by atoms with Gasteiger partial charge in [-0.3, -0.25) is 4.79 Å². The maximum atomic E-state index is 11.8. The van der Waals surface area contributed by atoms with Crippen LogP contribution in [0.3, 0.4) is 0 Å². The van der Waals surface area contributed by atoms with E-state index in [0.29, 0.717) is 10.8 Å². The van der Waals surface area contributed by atoms with Crippen molar-refractivity contribution < 1.29 is 9.53 Å². The van der Waals surface area contributed by atoms with Crippen LogP contribution in [-0.2, 0) is 4.79 Å². The molecule has 1 amide bonds. The van der Waals surface area contributed by atoms with Crippen LogP contribution in [0.1, 0.15) is 5.56 Å². The van der Waals surface area contributed by atoms with E-state index in [4.69, 9.17) is 16.3 Å². The molecule has 0 radical (unpaired) electrons. The molecule has 3 rings (SSSR count). The van der Waals surface area contributed by atoms with Gasteiger partial charge in [-0.2, -0.15) is 5.10 Å². The lowest BCUT2D eigenvalue weighted by atomic mass is 10.1. The van der Waals surface area contributed by atoms with E-state index in [-0.39, 0.29) is 12.5 Å². The van der Waals surface area contributed by atoms with Crippen molar-refractivity contribution in [3.8, 4) is 5.75 Å². The van der Waals surface area contributed by atoms with Gasteiger partial charge in [0.05, 0.1) is 6.21 Å². The number of carbonyl (C=O) groups is 1. The number of nitrogens with zero attached hydrogens (tertiary/aromatic N) is 1. The first kappa shape index (κ1) is 16.0. The number of amides is 1. The molecule has 0 saturated carbocycles. The van der Waals surface area contributed by atoms with E-state index >= 15 is 0 Å². The molecule has 0 bridgehead atoms. The number of hydrazone groups is 1. The van der Waals surface area contributed by atoms with Crippen molar-refractivity contribution in [2.24, 2.45) is 5.10 Å². The van der Waals surface area contributed by atoms with E-state index in [1.807, 2.05) is 60.7 Å². The summed E-state index contributed by atoms with van der Waals surface area (Å²) in [5, 5.41) is 6.63. The zero-order chi connectivity index (χ0) is 16.8. The molecule has 4 nitrogen and oxygen atoms in total. The summed E-state index contributed by atoms with van der Waals surface area (Å²) in [6.45, 7) is -0.113. The van der Waals surface area contributed by atoms with Crippen LogP contribution in [0, 0.1) is 0 Å². The van der Waals surface area contributed by atoms with Gasteiger partial charge in [0.2, 0.25) is 0 Å². The second-order valence-electron chi connectivity index (χ2n) is 5.11. The van der Waals surface area contributed by atoms with Gasteiger partial charge >= 0.3 is 0 Å². The monoisotopic (exact) mass is 338 g/mol. The number of hydrogen-bond acceptors (Lipinski definition) is 3. The lowest BCUT2D eigenvalue weighted by Gasteiger charge is -2.06. The van der Waals surface area contributed by atoms with Crippen molar-refractivity contribution in [2.75, 3.05) is 6.61 Å². The van der Waals surface area contributed by atoms with Crippen molar-refractivity contribution in [1.82, 2.24) is 5.43 Å². The summed E-state index contributed by atoms with van der Waals surface area (Å²) in [5.74, 6) is 0.297. The third kappa shape index (κ3) is 4.12. The van der Waals surface area contributed by atoms with Gasteiger partial charge in [-0.1, -0.05) is 60.1 Å². The Bertz CT molecular complexity index is 893. The van der Waals surface area contributed by atoms with Gasteiger partial charge < -0.3 is 4.74 Å².